The molecule has 0 unspecified atom stereocenters. The molecular formula is C12H27N3. The van der Waals surface area contributed by atoms with Gasteiger partial charge in [-0.1, -0.05) is 27.7 Å². The third kappa shape index (κ3) is 5.05. The fourth-order valence-electron chi connectivity index (χ4n) is 1.81. The Morgan fingerprint density at radius 2 is 1.73 bits per heavy atom. The lowest BCUT2D eigenvalue weighted by atomic mass is 10.1. The first kappa shape index (κ1) is 14.3. The molecule has 2 N–H and O–H groups in total. The van der Waals surface area contributed by atoms with Crippen molar-refractivity contribution in [1.82, 2.24) is 4.90 Å². The molecule has 0 rings (SSSR count). The Labute approximate surface area is 94.7 Å². The second kappa shape index (κ2) is 7.55. The van der Waals surface area contributed by atoms with E-state index in [0.29, 0.717) is 17.9 Å². The summed E-state index contributed by atoms with van der Waals surface area (Å²) in [6.07, 6.45) is 2.26. The first-order valence-electron chi connectivity index (χ1n) is 6.13. The molecule has 0 aromatic rings. The van der Waals surface area contributed by atoms with Crippen LogP contribution in [-0.4, -0.2) is 30.0 Å². The number of nitrogens with zero attached hydrogens (tertiary/aromatic N) is 2. The van der Waals surface area contributed by atoms with E-state index in [4.69, 9.17) is 5.73 Å². The lowest BCUT2D eigenvalue weighted by molar-refractivity contribution is 0.263. The molecule has 0 saturated carbocycles. The minimum atomic E-state index is 0.530. The molecule has 0 heterocycles. The first-order valence-corrected chi connectivity index (χ1v) is 6.13. The minimum absolute atomic E-state index is 0.530. The molecular weight excluding hydrogens is 186 g/mol. The molecule has 90 valence electrons. The van der Waals surface area contributed by atoms with E-state index in [9.17, 15) is 0 Å². The maximum atomic E-state index is 6.00. The predicted octanol–water partition coefficient (Wildman–Crippen LogP) is 2.47. The van der Waals surface area contributed by atoms with Crippen LogP contribution >= 0.6 is 0 Å². The summed E-state index contributed by atoms with van der Waals surface area (Å²) >= 11 is 0. The van der Waals surface area contributed by atoms with E-state index < -0.39 is 0 Å². The van der Waals surface area contributed by atoms with Gasteiger partial charge in [0.05, 0.1) is 0 Å². The van der Waals surface area contributed by atoms with Gasteiger partial charge in [0.1, 0.15) is 0 Å². The second-order valence-corrected chi connectivity index (χ2v) is 4.35. The highest BCUT2D eigenvalue weighted by atomic mass is 15.3. The molecule has 0 aliphatic heterocycles. The summed E-state index contributed by atoms with van der Waals surface area (Å²) in [5.41, 5.74) is 6.00. The van der Waals surface area contributed by atoms with Crippen LogP contribution in [0.2, 0.25) is 0 Å². The smallest absolute Gasteiger partial charge is 0.191 e. The quantitative estimate of drug-likeness (QED) is 0.544. The fourth-order valence-corrected chi connectivity index (χ4v) is 1.81. The zero-order chi connectivity index (χ0) is 11.8. The van der Waals surface area contributed by atoms with Gasteiger partial charge in [0, 0.05) is 19.1 Å². The Morgan fingerprint density at radius 1 is 1.20 bits per heavy atom. The third-order valence-electron chi connectivity index (χ3n) is 2.56. The predicted molar refractivity (Wildman–Crippen MR) is 68.1 cm³/mol. The van der Waals surface area contributed by atoms with Crippen molar-refractivity contribution in [3.05, 3.63) is 0 Å². The summed E-state index contributed by atoms with van der Waals surface area (Å²) in [7, 11) is 0. The van der Waals surface area contributed by atoms with Gasteiger partial charge in [-0.05, 0) is 25.7 Å². The molecule has 0 spiro atoms. The van der Waals surface area contributed by atoms with Crippen molar-refractivity contribution in [2.75, 3.05) is 13.1 Å². The van der Waals surface area contributed by atoms with Crippen molar-refractivity contribution in [3.8, 4) is 0 Å². The van der Waals surface area contributed by atoms with Crippen LogP contribution in [-0.2, 0) is 0 Å². The standard InChI is InChI=1S/C12H27N3/c1-6-11(7-2)15(9-10(4)5)12(13)14-8-3/h10-11H,6-9H2,1-5H3,(H2,13,14). The SMILES string of the molecule is CCN=C(N)N(CC(C)C)C(CC)CC. The van der Waals surface area contributed by atoms with Crippen LogP contribution in [0.25, 0.3) is 0 Å². The van der Waals surface area contributed by atoms with Crippen molar-refractivity contribution < 1.29 is 0 Å². The van der Waals surface area contributed by atoms with Crippen LogP contribution < -0.4 is 5.73 Å². The van der Waals surface area contributed by atoms with Gasteiger partial charge in [0.15, 0.2) is 5.96 Å². The number of aliphatic imine (C=N–C) groups is 1. The van der Waals surface area contributed by atoms with Gasteiger partial charge in [0.25, 0.3) is 0 Å². The second-order valence-electron chi connectivity index (χ2n) is 4.35. The van der Waals surface area contributed by atoms with Crippen LogP contribution in [0.5, 0.6) is 0 Å². The molecule has 15 heavy (non-hydrogen) atoms. The Kier molecular flexibility index (Phi) is 7.18. The van der Waals surface area contributed by atoms with Crippen molar-refractivity contribution in [2.24, 2.45) is 16.6 Å². The van der Waals surface area contributed by atoms with Gasteiger partial charge in [0.2, 0.25) is 0 Å². The highest BCUT2D eigenvalue weighted by Gasteiger charge is 2.17. The summed E-state index contributed by atoms with van der Waals surface area (Å²) in [6, 6.07) is 0.530. The zero-order valence-corrected chi connectivity index (χ0v) is 11.0. The molecule has 0 saturated heterocycles. The molecule has 3 nitrogen and oxygen atoms in total. The minimum Gasteiger partial charge on any atom is -0.370 e. The van der Waals surface area contributed by atoms with E-state index >= 15 is 0 Å². The van der Waals surface area contributed by atoms with Gasteiger partial charge in [-0.15, -0.1) is 0 Å². The lowest BCUT2D eigenvalue weighted by Crippen LogP contribution is -2.46. The van der Waals surface area contributed by atoms with Crippen molar-refractivity contribution >= 4 is 5.96 Å². The van der Waals surface area contributed by atoms with Crippen LogP contribution in [0, 0.1) is 5.92 Å². The maximum Gasteiger partial charge on any atom is 0.191 e. The van der Waals surface area contributed by atoms with Gasteiger partial charge >= 0.3 is 0 Å². The Balaban J connectivity index is 4.62. The number of hydrogen-bond acceptors (Lipinski definition) is 1. The topological polar surface area (TPSA) is 41.6 Å². The van der Waals surface area contributed by atoms with E-state index in [1.165, 1.54) is 0 Å². The summed E-state index contributed by atoms with van der Waals surface area (Å²) in [6.45, 7) is 12.6. The van der Waals surface area contributed by atoms with E-state index in [1.807, 2.05) is 6.92 Å². The van der Waals surface area contributed by atoms with Crippen molar-refractivity contribution in [2.45, 2.75) is 53.5 Å². The van der Waals surface area contributed by atoms with Crippen LogP contribution in [0.1, 0.15) is 47.5 Å². The molecule has 0 aliphatic rings. The molecule has 0 aromatic heterocycles. The summed E-state index contributed by atoms with van der Waals surface area (Å²) < 4.78 is 0. The van der Waals surface area contributed by atoms with E-state index in [1.54, 1.807) is 0 Å². The average Bonchev–Trinajstić information content (AvgIpc) is 2.18. The van der Waals surface area contributed by atoms with Gasteiger partial charge < -0.3 is 10.6 Å². The Bertz CT molecular complexity index is 183. The molecule has 0 atom stereocenters. The summed E-state index contributed by atoms with van der Waals surface area (Å²) in [4.78, 5) is 6.57. The Hall–Kier alpha value is -0.730. The maximum absolute atomic E-state index is 6.00. The van der Waals surface area contributed by atoms with Crippen LogP contribution in [0.4, 0.5) is 0 Å². The number of rotatable bonds is 6. The van der Waals surface area contributed by atoms with E-state index in [-0.39, 0.29) is 0 Å². The zero-order valence-electron chi connectivity index (χ0n) is 11.0. The number of guanidine groups is 1. The summed E-state index contributed by atoms with van der Waals surface area (Å²) in [5.74, 6) is 1.33. The summed E-state index contributed by atoms with van der Waals surface area (Å²) in [5, 5.41) is 0. The highest BCUT2D eigenvalue weighted by molar-refractivity contribution is 5.78. The van der Waals surface area contributed by atoms with Crippen molar-refractivity contribution in [3.63, 3.8) is 0 Å². The number of nitrogens with two attached hydrogens (primary N) is 1. The largest absolute Gasteiger partial charge is 0.370 e. The van der Waals surface area contributed by atoms with Crippen LogP contribution in [0.3, 0.4) is 0 Å². The molecule has 3 heteroatoms. The molecule has 0 aromatic carbocycles. The van der Waals surface area contributed by atoms with Gasteiger partial charge in [-0.2, -0.15) is 0 Å². The Morgan fingerprint density at radius 3 is 2.07 bits per heavy atom. The van der Waals surface area contributed by atoms with E-state index in [0.717, 1.165) is 25.9 Å². The number of hydrogen-bond donors (Lipinski definition) is 1. The molecule has 0 radical (unpaired) electrons. The van der Waals surface area contributed by atoms with Crippen molar-refractivity contribution in [1.29, 1.82) is 0 Å². The first-order chi connectivity index (χ1) is 7.06. The third-order valence-corrected chi connectivity index (χ3v) is 2.56. The molecule has 0 fully saturated rings. The van der Waals surface area contributed by atoms with Crippen LogP contribution in [0.15, 0.2) is 4.99 Å². The molecule has 0 bridgehead atoms. The molecule has 0 amide bonds. The fraction of sp³-hybridized carbons (Fsp3) is 0.917. The van der Waals surface area contributed by atoms with E-state index in [2.05, 4.69) is 37.6 Å². The lowest BCUT2D eigenvalue weighted by Gasteiger charge is -2.33. The van der Waals surface area contributed by atoms with Gasteiger partial charge in [-0.3, -0.25) is 4.99 Å². The average molecular weight is 213 g/mol. The molecule has 0 aliphatic carbocycles. The highest BCUT2D eigenvalue weighted by Crippen LogP contribution is 2.11. The monoisotopic (exact) mass is 213 g/mol. The van der Waals surface area contributed by atoms with Gasteiger partial charge in [-0.25, -0.2) is 0 Å². The normalized spacial score (nSPS) is 12.6.